The van der Waals surface area contributed by atoms with Crippen LogP contribution in [0.15, 0.2) is 40.2 Å². The maximum atomic E-state index is 12.2. The molecule has 0 bridgehead atoms. The van der Waals surface area contributed by atoms with E-state index in [-0.39, 0.29) is 11.7 Å². The van der Waals surface area contributed by atoms with Crippen LogP contribution in [0, 0.1) is 27.5 Å². The number of hydrogen-bond donors (Lipinski definition) is 2. The molecule has 1 aliphatic heterocycles. The molecule has 1 aliphatic rings. The average Bonchev–Trinajstić information content (AvgIpc) is 2.88. The van der Waals surface area contributed by atoms with Gasteiger partial charge in [0.05, 0.1) is 19.1 Å². The number of aliphatic imine (C=N–C) groups is 1. The van der Waals surface area contributed by atoms with Crippen molar-refractivity contribution in [3.8, 4) is 5.75 Å². The number of amides is 1. The van der Waals surface area contributed by atoms with Gasteiger partial charge in [-0.1, -0.05) is 6.07 Å². The van der Waals surface area contributed by atoms with Gasteiger partial charge in [-0.05, 0) is 89.2 Å². The molecule has 9 heteroatoms. The number of aryl methyl sites for hydroxylation is 2. The van der Waals surface area contributed by atoms with Crippen LogP contribution in [0.5, 0.6) is 5.75 Å². The Hall–Kier alpha value is -2.40. The second-order valence-corrected chi connectivity index (χ2v) is 8.15. The van der Waals surface area contributed by atoms with Crippen LogP contribution in [0.25, 0.3) is 6.08 Å². The number of nitrogens with one attached hydrogen (secondary N) is 1. The largest absolute Gasteiger partial charge is 0.501 e. The van der Waals surface area contributed by atoms with Crippen molar-refractivity contribution in [2.45, 2.75) is 13.8 Å². The van der Waals surface area contributed by atoms with Crippen LogP contribution in [0.1, 0.15) is 16.7 Å². The lowest BCUT2D eigenvalue weighted by Gasteiger charge is -2.02. The van der Waals surface area contributed by atoms with Crippen molar-refractivity contribution in [3.05, 3.63) is 65.6 Å². The summed E-state index contributed by atoms with van der Waals surface area (Å²) < 4.78 is 0.334. The molecule has 7 nitrogen and oxygen atoms in total. The SMILES string of the molecule is Cc1cc(C)cc(N=C2NC(=O)C(=Cc3cc(I)c(O)c([N+](=O)[O-])c3)S2)c1. The van der Waals surface area contributed by atoms with Gasteiger partial charge in [0.2, 0.25) is 5.75 Å². The molecule has 0 atom stereocenters. The van der Waals surface area contributed by atoms with Crippen molar-refractivity contribution in [2.75, 3.05) is 0 Å². The Morgan fingerprint density at radius 2 is 1.89 bits per heavy atom. The number of aromatic hydroxyl groups is 1. The molecule has 1 amide bonds. The first-order valence-corrected chi connectivity index (χ1v) is 9.67. The lowest BCUT2D eigenvalue weighted by atomic mass is 10.1. The van der Waals surface area contributed by atoms with Crippen molar-refractivity contribution in [3.63, 3.8) is 0 Å². The molecule has 1 fully saturated rings. The van der Waals surface area contributed by atoms with Crippen LogP contribution in [-0.4, -0.2) is 21.1 Å². The van der Waals surface area contributed by atoms with Crippen LogP contribution in [0.3, 0.4) is 0 Å². The van der Waals surface area contributed by atoms with Gasteiger partial charge in [0.15, 0.2) is 5.17 Å². The molecule has 2 aromatic rings. The topological polar surface area (TPSA) is 105 Å². The Morgan fingerprint density at radius 3 is 2.52 bits per heavy atom. The zero-order chi connectivity index (χ0) is 19.7. The van der Waals surface area contributed by atoms with E-state index in [9.17, 15) is 20.0 Å². The molecule has 0 radical (unpaired) electrons. The highest BCUT2D eigenvalue weighted by atomic mass is 127. The highest BCUT2D eigenvalue weighted by molar-refractivity contribution is 14.1. The lowest BCUT2D eigenvalue weighted by Crippen LogP contribution is -2.19. The molecule has 0 unspecified atom stereocenters. The predicted molar refractivity (Wildman–Crippen MR) is 114 cm³/mol. The fraction of sp³-hybridized carbons (Fsp3) is 0.111. The number of benzene rings is 2. The number of halogens is 1. The first-order valence-electron chi connectivity index (χ1n) is 7.78. The van der Waals surface area contributed by atoms with Gasteiger partial charge in [0.25, 0.3) is 5.91 Å². The summed E-state index contributed by atoms with van der Waals surface area (Å²) in [5.74, 6) is -0.711. The van der Waals surface area contributed by atoms with Gasteiger partial charge in [-0.25, -0.2) is 4.99 Å². The third-order valence-corrected chi connectivity index (χ3v) is 5.38. The van der Waals surface area contributed by atoms with E-state index in [1.807, 2.05) is 54.6 Å². The minimum Gasteiger partial charge on any atom is -0.501 e. The zero-order valence-corrected chi connectivity index (χ0v) is 17.3. The van der Waals surface area contributed by atoms with Crippen LogP contribution < -0.4 is 5.32 Å². The van der Waals surface area contributed by atoms with Gasteiger partial charge in [-0.15, -0.1) is 0 Å². The molecule has 0 spiro atoms. The number of carbonyl (C=O) groups is 1. The van der Waals surface area contributed by atoms with Gasteiger partial charge >= 0.3 is 5.69 Å². The molecule has 0 aromatic heterocycles. The molecule has 3 rings (SSSR count). The fourth-order valence-corrected chi connectivity index (χ4v) is 4.07. The Balaban J connectivity index is 1.92. The number of hydrogen-bond acceptors (Lipinski definition) is 6. The molecular weight excluding hydrogens is 481 g/mol. The van der Waals surface area contributed by atoms with E-state index in [0.29, 0.717) is 19.2 Å². The van der Waals surface area contributed by atoms with Crippen LogP contribution in [-0.2, 0) is 4.79 Å². The number of carbonyl (C=O) groups excluding carboxylic acids is 1. The summed E-state index contributed by atoms with van der Waals surface area (Å²) in [6.45, 7) is 3.95. The Labute approximate surface area is 172 Å². The summed E-state index contributed by atoms with van der Waals surface area (Å²) in [4.78, 5) is 27.4. The van der Waals surface area contributed by atoms with Gasteiger partial charge < -0.3 is 10.4 Å². The lowest BCUT2D eigenvalue weighted by molar-refractivity contribution is -0.386. The zero-order valence-electron chi connectivity index (χ0n) is 14.3. The highest BCUT2D eigenvalue weighted by Gasteiger charge is 2.25. The molecule has 0 aliphatic carbocycles. The van der Waals surface area contributed by atoms with Crippen molar-refractivity contribution >= 4 is 62.9 Å². The van der Waals surface area contributed by atoms with Crippen molar-refractivity contribution in [1.29, 1.82) is 0 Å². The Bertz CT molecular complexity index is 1010. The number of nitro groups is 1. The summed E-state index contributed by atoms with van der Waals surface area (Å²) in [6, 6.07) is 8.68. The molecule has 1 heterocycles. The van der Waals surface area contributed by atoms with Crippen LogP contribution in [0.2, 0.25) is 0 Å². The fourth-order valence-electron chi connectivity index (χ4n) is 2.59. The third-order valence-electron chi connectivity index (χ3n) is 3.65. The minimum absolute atomic E-state index is 0.325. The smallest absolute Gasteiger partial charge is 0.312 e. The summed E-state index contributed by atoms with van der Waals surface area (Å²) >= 11 is 2.97. The van der Waals surface area contributed by atoms with Crippen molar-refractivity contribution in [2.24, 2.45) is 4.99 Å². The maximum Gasteiger partial charge on any atom is 0.312 e. The molecule has 138 valence electrons. The van der Waals surface area contributed by atoms with E-state index in [0.717, 1.165) is 28.6 Å². The van der Waals surface area contributed by atoms with E-state index in [1.54, 1.807) is 12.1 Å². The standard InChI is InChI=1S/C18H14IN3O4S/c1-9-3-10(2)5-12(4-9)20-18-21-17(24)15(27-18)8-11-6-13(19)16(23)14(7-11)22(25)26/h3-8,23H,1-2H3,(H,20,21,24). The van der Waals surface area contributed by atoms with Crippen LogP contribution >= 0.6 is 34.4 Å². The van der Waals surface area contributed by atoms with Gasteiger partial charge in [0, 0.05) is 6.07 Å². The first-order chi connectivity index (χ1) is 12.7. The van der Waals surface area contributed by atoms with E-state index >= 15 is 0 Å². The van der Waals surface area contributed by atoms with E-state index < -0.39 is 10.6 Å². The Morgan fingerprint density at radius 1 is 1.22 bits per heavy atom. The summed E-state index contributed by atoms with van der Waals surface area (Å²) in [7, 11) is 0. The summed E-state index contributed by atoms with van der Waals surface area (Å²) in [5.41, 5.74) is 2.94. The number of phenolic OH excluding ortho intramolecular Hbond substituents is 1. The number of phenols is 1. The summed E-state index contributed by atoms with van der Waals surface area (Å²) in [5, 5.41) is 24.0. The maximum absolute atomic E-state index is 12.2. The first kappa shape index (κ1) is 19.4. The van der Waals surface area contributed by atoms with Crippen molar-refractivity contribution in [1.82, 2.24) is 5.32 Å². The van der Waals surface area contributed by atoms with Gasteiger partial charge in [-0.2, -0.15) is 0 Å². The molecule has 2 aromatic carbocycles. The number of thioether (sulfide) groups is 1. The molecule has 1 saturated heterocycles. The third kappa shape index (κ3) is 4.48. The highest BCUT2D eigenvalue weighted by Crippen LogP contribution is 2.35. The molecule has 0 saturated carbocycles. The normalized spacial score (nSPS) is 16.8. The second-order valence-electron chi connectivity index (χ2n) is 5.96. The molecule has 27 heavy (non-hydrogen) atoms. The van der Waals surface area contributed by atoms with E-state index in [2.05, 4.69) is 10.3 Å². The minimum atomic E-state index is -0.658. The van der Waals surface area contributed by atoms with E-state index in [1.165, 1.54) is 6.07 Å². The number of rotatable bonds is 3. The van der Waals surface area contributed by atoms with Gasteiger partial charge in [0.1, 0.15) is 0 Å². The Kier molecular flexibility index (Phi) is 5.51. The van der Waals surface area contributed by atoms with Gasteiger partial charge in [-0.3, -0.25) is 14.9 Å². The van der Waals surface area contributed by atoms with E-state index in [4.69, 9.17) is 0 Å². The molecule has 2 N–H and O–H groups in total. The van der Waals surface area contributed by atoms with Crippen molar-refractivity contribution < 1.29 is 14.8 Å². The quantitative estimate of drug-likeness (QED) is 0.284. The number of nitrogens with zero attached hydrogens (tertiary/aromatic N) is 2. The second kappa shape index (κ2) is 7.69. The predicted octanol–water partition coefficient (Wildman–Crippen LogP) is 4.41. The number of nitro benzene ring substituents is 1. The van der Waals surface area contributed by atoms with Crippen LogP contribution in [0.4, 0.5) is 11.4 Å². The average molecular weight is 495 g/mol. The monoisotopic (exact) mass is 495 g/mol. The summed E-state index contributed by atoms with van der Waals surface area (Å²) in [6.07, 6.45) is 1.54. The number of amidine groups is 1. The molecular formula is C18H14IN3O4S.